The van der Waals surface area contributed by atoms with Crippen LogP contribution in [0, 0.1) is 5.92 Å². The smallest absolute Gasteiger partial charge is 0.219 e. The molecule has 0 bridgehead atoms. The first-order valence-corrected chi connectivity index (χ1v) is 6.55. The van der Waals surface area contributed by atoms with Gasteiger partial charge in [0.1, 0.15) is 0 Å². The van der Waals surface area contributed by atoms with Crippen molar-refractivity contribution in [3.05, 3.63) is 11.5 Å². The number of hydrogen-bond donors (Lipinski definition) is 1. The molecular weight excluding hydrogens is 224 g/mol. The van der Waals surface area contributed by atoms with Gasteiger partial charge in [0.25, 0.3) is 0 Å². The molecular formula is C11H18N2O2S. The minimum atomic E-state index is -0.556. The van der Waals surface area contributed by atoms with E-state index in [1.165, 1.54) is 0 Å². The highest BCUT2D eigenvalue weighted by Crippen LogP contribution is 2.32. The van der Waals surface area contributed by atoms with Gasteiger partial charge in [-0.3, -0.25) is 0 Å². The number of fused-ring (bicyclic) bond motifs is 1. The molecule has 2 aliphatic heterocycles. The molecule has 0 spiro atoms. The molecule has 0 aromatic carbocycles. The number of methoxy groups -OCH3 is 1. The Morgan fingerprint density at radius 1 is 1.62 bits per heavy atom. The van der Waals surface area contributed by atoms with Crippen LogP contribution in [0.25, 0.3) is 0 Å². The maximum absolute atomic E-state index is 10.3. The lowest BCUT2D eigenvalue weighted by atomic mass is 10.0. The summed E-state index contributed by atoms with van der Waals surface area (Å²) in [5, 5.41) is 11.2. The Labute approximate surface area is 100 Å². The van der Waals surface area contributed by atoms with Crippen LogP contribution in [0.15, 0.2) is 16.4 Å². The summed E-state index contributed by atoms with van der Waals surface area (Å²) >= 11 is 1.67. The molecule has 1 atom stereocenters. The molecule has 90 valence electrons. The zero-order chi connectivity index (χ0) is 11.7. The Hall–Kier alpha value is -0.680. The van der Waals surface area contributed by atoms with Crippen LogP contribution in [-0.4, -0.2) is 40.8 Å². The third-order valence-corrected chi connectivity index (χ3v) is 3.68. The molecule has 16 heavy (non-hydrogen) atoms. The molecule has 1 fully saturated rings. The van der Waals surface area contributed by atoms with E-state index < -0.39 is 6.23 Å². The topological polar surface area (TPSA) is 45.1 Å². The van der Waals surface area contributed by atoms with E-state index in [2.05, 4.69) is 18.8 Å². The first-order chi connectivity index (χ1) is 7.63. The fourth-order valence-electron chi connectivity index (χ4n) is 2.00. The third kappa shape index (κ3) is 2.06. The minimum Gasteiger partial charge on any atom is -0.481 e. The van der Waals surface area contributed by atoms with Crippen molar-refractivity contribution in [2.45, 2.75) is 26.5 Å². The fraction of sp³-hybridized carbons (Fsp3) is 0.727. The number of aliphatic hydroxyl groups excluding tert-OH is 1. The van der Waals surface area contributed by atoms with E-state index in [9.17, 15) is 5.11 Å². The van der Waals surface area contributed by atoms with Gasteiger partial charge >= 0.3 is 0 Å². The Bertz CT molecular complexity index is 339. The molecule has 0 aromatic rings. The van der Waals surface area contributed by atoms with Crippen LogP contribution >= 0.6 is 11.8 Å². The Balaban J connectivity index is 2.29. The average Bonchev–Trinajstić information content (AvgIpc) is 2.69. The summed E-state index contributed by atoms with van der Waals surface area (Å²) in [4.78, 5) is 6.40. The van der Waals surface area contributed by atoms with Crippen LogP contribution in [0.5, 0.6) is 0 Å². The largest absolute Gasteiger partial charge is 0.481 e. The number of amidine groups is 1. The quantitative estimate of drug-likeness (QED) is 0.817. The van der Waals surface area contributed by atoms with Gasteiger partial charge in [0.2, 0.25) is 5.88 Å². The van der Waals surface area contributed by atoms with Crippen LogP contribution in [0.2, 0.25) is 0 Å². The van der Waals surface area contributed by atoms with Crippen LogP contribution in [0.1, 0.15) is 20.3 Å². The Kier molecular flexibility index (Phi) is 3.44. The summed E-state index contributed by atoms with van der Waals surface area (Å²) in [5.41, 5.74) is 0.906. The summed E-state index contributed by atoms with van der Waals surface area (Å²) in [6, 6.07) is 0. The lowest BCUT2D eigenvalue weighted by molar-refractivity contribution is 0.0770. The van der Waals surface area contributed by atoms with Crippen LogP contribution in [-0.2, 0) is 4.74 Å². The molecule has 0 aliphatic carbocycles. The van der Waals surface area contributed by atoms with Crippen LogP contribution in [0.4, 0.5) is 0 Å². The predicted octanol–water partition coefficient (Wildman–Crippen LogP) is 1.63. The van der Waals surface area contributed by atoms with Crippen LogP contribution in [0.3, 0.4) is 0 Å². The van der Waals surface area contributed by atoms with E-state index >= 15 is 0 Å². The Morgan fingerprint density at radius 3 is 3.00 bits per heavy atom. The van der Waals surface area contributed by atoms with Crippen molar-refractivity contribution in [2.24, 2.45) is 10.9 Å². The molecule has 2 heterocycles. The fourth-order valence-corrected chi connectivity index (χ4v) is 2.98. The number of thioether (sulfide) groups is 1. The van der Waals surface area contributed by atoms with Crippen molar-refractivity contribution < 1.29 is 9.84 Å². The van der Waals surface area contributed by atoms with Gasteiger partial charge < -0.3 is 14.7 Å². The van der Waals surface area contributed by atoms with E-state index in [1.54, 1.807) is 18.9 Å². The Morgan fingerprint density at radius 2 is 2.38 bits per heavy atom. The lowest BCUT2D eigenvalue weighted by Gasteiger charge is -2.31. The van der Waals surface area contributed by atoms with Gasteiger partial charge in [0.05, 0.1) is 7.11 Å². The molecule has 0 aromatic heterocycles. The third-order valence-electron chi connectivity index (χ3n) is 2.71. The second kappa shape index (κ2) is 4.67. The molecule has 2 rings (SSSR count). The molecule has 2 aliphatic rings. The molecule has 0 saturated carbocycles. The van der Waals surface area contributed by atoms with Crippen molar-refractivity contribution in [3.63, 3.8) is 0 Å². The van der Waals surface area contributed by atoms with Gasteiger partial charge in [-0.15, -0.1) is 0 Å². The lowest BCUT2D eigenvalue weighted by Crippen LogP contribution is -2.40. The number of aliphatic hydroxyl groups is 1. The number of aliphatic imine (C=N–C) groups is 1. The molecule has 4 nitrogen and oxygen atoms in total. The summed E-state index contributed by atoms with van der Waals surface area (Å²) in [6.45, 7) is 5.12. The first-order valence-electron chi connectivity index (χ1n) is 5.56. The number of rotatable bonds is 3. The average molecular weight is 242 g/mol. The molecule has 5 heteroatoms. The standard InChI is InChI=1S/C11H18N2O2S/c1-7(2)6-8-9(15-3)12-11-13(10(8)14)4-5-16-11/h7,10,14H,4-6H2,1-3H3. The second-order valence-corrected chi connectivity index (χ2v) is 5.50. The van der Waals surface area contributed by atoms with Gasteiger partial charge in [0, 0.05) is 17.9 Å². The minimum absolute atomic E-state index is 0.488. The maximum Gasteiger partial charge on any atom is 0.219 e. The summed E-state index contributed by atoms with van der Waals surface area (Å²) in [5.74, 6) is 2.07. The van der Waals surface area contributed by atoms with Crippen molar-refractivity contribution in [1.29, 1.82) is 0 Å². The highest BCUT2D eigenvalue weighted by Gasteiger charge is 2.34. The summed E-state index contributed by atoms with van der Waals surface area (Å²) < 4.78 is 5.28. The van der Waals surface area contributed by atoms with E-state index in [1.807, 2.05) is 4.90 Å². The number of ether oxygens (including phenoxy) is 1. The van der Waals surface area contributed by atoms with Crippen molar-refractivity contribution >= 4 is 16.9 Å². The monoisotopic (exact) mass is 242 g/mol. The number of hydrogen-bond acceptors (Lipinski definition) is 5. The van der Waals surface area contributed by atoms with E-state index in [0.717, 1.165) is 29.5 Å². The molecule has 0 amide bonds. The van der Waals surface area contributed by atoms with Gasteiger partial charge in [-0.25, -0.2) is 0 Å². The van der Waals surface area contributed by atoms with Crippen molar-refractivity contribution in [1.82, 2.24) is 4.90 Å². The van der Waals surface area contributed by atoms with Gasteiger partial charge in [-0.05, 0) is 12.3 Å². The zero-order valence-electron chi connectivity index (χ0n) is 9.93. The summed E-state index contributed by atoms with van der Waals surface area (Å²) in [6.07, 6.45) is 0.266. The highest BCUT2D eigenvalue weighted by atomic mass is 32.2. The van der Waals surface area contributed by atoms with E-state index in [0.29, 0.717) is 11.8 Å². The SMILES string of the molecule is COC1=C(CC(C)C)C(O)N2CCSC2=N1. The normalized spacial score (nSPS) is 24.9. The predicted molar refractivity (Wildman–Crippen MR) is 66.1 cm³/mol. The highest BCUT2D eigenvalue weighted by molar-refractivity contribution is 8.14. The zero-order valence-corrected chi connectivity index (χ0v) is 10.8. The number of nitrogens with zero attached hydrogens (tertiary/aromatic N) is 2. The molecule has 0 radical (unpaired) electrons. The van der Waals surface area contributed by atoms with Gasteiger partial charge in [-0.2, -0.15) is 4.99 Å². The van der Waals surface area contributed by atoms with Crippen molar-refractivity contribution in [2.75, 3.05) is 19.4 Å². The second-order valence-electron chi connectivity index (χ2n) is 4.44. The maximum atomic E-state index is 10.3. The first kappa shape index (κ1) is 11.8. The van der Waals surface area contributed by atoms with Gasteiger partial charge in [-0.1, -0.05) is 25.6 Å². The van der Waals surface area contributed by atoms with Crippen molar-refractivity contribution in [3.8, 4) is 0 Å². The van der Waals surface area contributed by atoms with Crippen LogP contribution < -0.4 is 0 Å². The molecule has 1 unspecified atom stereocenters. The van der Waals surface area contributed by atoms with Gasteiger partial charge in [0.15, 0.2) is 11.4 Å². The summed E-state index contributed by atoms with van der Waals surface area (Å²) in [7, 11) is 1.61. The van der Waals surface area contributed by atoms with E-state index in [4.69, 9.17) is 4.74 Å². The van der Waals surface area contributed by atoms with E-state index in [-0.39, 0.29) is 0 Å². The molecule has 1 N–H and O–H groups in total. The molecule has 1 saturated heterocycles.